The molecule has 0 amide bonds. The van der Waals surface area contributed by atoms with E-state index in [1.54, 1.807) is 0 Å². The van der Waals surface area contributed by atoms with E-state index in [-0.39, 0.29) is 49.6 Å². The molecular formula is C38H38O5. The largest absolute Gasteiger partial charge is 0.375 e. The number of benzene rings is 4. The van der Waals surface area contributed by atoms with E-state index in [1.165, 1.54) is 0 Å². The Morgan fingerprint density at radius 3 is 1.53 bits per heavy atom. The van der Waals surface area contributed by atoms with Crippen LogP contribution in [-0.2, 0) is 49.5 Å². The second-order valence-corrected chi connectivity index (χ2v) is 11.2. The first-order chi connectivity index (χ1) is 21.1. The van der Waals surface area contributed by atoms with Gasteiger partial charge in [-0.05, 0) is 28.7 Å². The Bertz CT molecular complexity index is 1450. The third-order valence-electron chi connectivity index (χ3n) is 8.09. The summed E-state index contributed by atoms with van der Waals surface area (Å²) in [5.41, 5.74) is 3.79. The molecule has 43 heavy (non-hydrogen) atoms. The molecule has 5 nitrogen and oxygen atoms in total. The summed E-state index contributed by atoms with van der Waals surface area (Å²) in [7, 11) is 0. The molecule has 0 aliphatic carbocycles. The molecule has 5 rings (SSSR count). The molecule has 1 aliphatic rings. The van der Waals surface area contributed by atoms with Gasteiger partial charge in [0.15, 0.2) is 0 Å². The number of ketones is 3. The van der Waals surface area contributed by atoms with Crippen molar-refractivity contribution in [2.24, 2.45) is 11.8 Å². The molecule has 0 spiro atoms. The van der Waals surface area contributed by atoms with E-state index in [9.17, 15) is 14.4 Å². The number of hydrogen-bond donors (Lipinski definition) is 0. The molecule has 0 bridgehead atoms. The van der Waals surface area contributed by atoms with Crippen molar-refractivity contribution in [1.82, 2.24) is 0 Å². The number of hydrogen-bond acceptors (Lipinski definition) is 5. The molecule has 0 saturated carbocycles. The molecular weight excluding hydrogens is 536 g/mol. The molecule has 1 aliphatic heterocycles. The normalized spacial score (nSPS) is 19.9. The van der Waals surface area contributed by atoms with Crippen molar-refractivity contribution in [2.45, 2.75) is 44.3 Å². The lowest BCUT2D eigenvalue weighted by Crippen LogP contribution is -2.54. The summed E-state index contributed by atoms with van der Waals surface area (Å²) >= 11 is 0. The minimum absolute atomic E-state index is 0.0218. The van der Waals surface area contributed by atoms with E-state index < -0.39 is 24.0 Å². The summed E-state index contributed by atoms with van der Waals surface area (Å²) in [5, 5.41) is 0. The Morgan fingerprint density at radius 2 is 1.02 bits per heavy atom. The predicted octanol–water partition coefficient (Wildman–Crippen LogP) is 6.07. The van der Waals surface area contributed by atoms with Crippen molar-refractivity contribution >= 4 is 17.3 Å². The van der Waals surface area contributed by atoms with Crippen LogP contribution in [0, 0.1) is 11.8 Å². The van der Waals surface area contributed by atoms with E-state index in [0.717, 1.165) is 22.3 Å². The molecule has 0 unspecified atom stereocenters. The summed E-state index contributed by atoms with van der Waals surface area (Å²) in [6, 6.07) is 38.7. The Hall–Kier alpha value is -4.19. The van der Waals surface area contributed by atoms with Gasteiger partial charge in [-0.15, -0.1) is 0 Å². The van der Waals surface area contributed by atoms with Crippen molar-refractivity contribution in [3.8, 4) is 0 Å². The lowest BCUT2D eigenvalue weighted by molar-refractivity contribution is -0.173. The minimum atomic E-state index is -0.799. The van der Waals surface area contributed by atoms with Gasteiger partial charge in [0.25, 0.3) is 0 Å². The lowest BCUT2D eigenvalue weighted by atomic mass is 9.72. The van der Waals surface area contributed by atoms with Crippen LogP contribution < -0.4 is 0 Å². The summed E-state index contributed by atoms with van der Waals surface area (Å²) in [6.45, 7) is 0.544. The first-order valence-electron chi connectivity index (χ1n) is 15.0. The Balaban J connectivity index is 1.41. The highest BCUT2D eigenvalue weighted by Gasteiger charge is 2.48. The minimum Gasteiger partial charge on any atom is -0.375 e. The highest BCUT2D eigenvalue weighted by molar-refractivity contribution is 5.93. The van der Waals surface area contributed by atoms with Crippen LogP contribution in [0.25, 0.3) is 0 Å². The van der Waals surface area contributed by atoms with Crippen molar-refractivity contribution in [1.29, 1.82) is 0 Å². The zero-order valence-electron chi connectivity index (χ0n) is 24.3. The average Bonchev–Trinajstić information content (AvgIpc) is 3.03. The topological polar surface area (TPSA) is 69.7 Å². The maximum absolute atomic E-state index is 14.1. The quantitative estimate of drug-likeness (QED) is 0.183. The SMILES string of the molecule is O=C(Cc1ccccc1)C[C@H]1OC[C@H](OCCc2ccccc2)[C@@H](C(=O)Cc2ccccc2)[C@@H]1C(=O)Cc1ccccc1. The van der Waals surface area contributed by atoms with Crippen molar-refractivity contribution in [3.05, 3.63) is 144 Å². The highest BCUT2D eigenvalue weighted by Crippen LogP contribution is 2.35. The van der Waals surface area contributed by atoms with Crippen molar-refractivity contribution < 1.29 is 23.9 Å². The van der Waals surface area contributed by atoms with Gasteiger partial charge in [0.05, 0.1) is 37.3 Å². The first-order valence-corrected chi connectivity index (χ1v) is 15.0. The molecule has 4 aromatic carbocycles. The van der Waals surface area contributed by atoms with Crippen LogP contribution in [0.4, 0.5) is 0 Å². The van der Waals surface area contributed by atoms with E-state index in [1.807, 2.05) is 121 Å². The van der Waals surface area contributed by atoms with Crippen LogP contribution in [0.1, 0.15) is 28.7 Å². The molecule has 4 aromatic rings. The molecule has 0 N–H and O–H groups in total. The predicted molar refractivity (Wildman–Crippen MR) is 167 cm³/mol. The molecule has 4 atom stereocenters. The van der Waals surface area contributed by atoms with E-state index in [0.29, 0.717) is 13.0 Å². The zero-order chi connectivity index (χ0) is 29.9. The van der Waals surface area contributed by atoms with Gasteiger partial charge in [0, 0.05) is 25.7 Å². The molecule has 0 radical (unpaired) electrons. The van der Waals surface area contributed by atoms with Gasteiger partial charge in [0.2, 0.25) is 0 Å². The van der Waals surface area contributed by atoms with Crippen molar-refractivity contribution in [3.63, 3.8) is 0 Å². The number of Topliss-reactive ketones (excluding diaryl/α,β-unsaturated/α-hetero) is 3. The molecule has 220 valence electrons. The van der Waals surface area contributed by atoms with Crippen LogP contribution in [0.5, 0.6) is 0 Å². The Kier molecular flexibility index (Phi) is 10.8. The third kappa shape index (κ3) is 8.66. The van der Waals surface area contributed by atoms with Gasteiger partial charge in [-0.1, -0.05) is 121 Å². The van der Waals surface area contributed by atoms with Gasteiger partial charge in [-0.3, -0.25) is 14.4 Å². The first kappa shape index (κ1) is 30.3. The Labute approximate surface area is 253 Å². The summed E-state index contributed by atoms with van der Waals surface area (Å²) in [5.74, 6) is -1.72. The molecule has 0 aromatic heterocycles. The van der Waals surface area contributed by atoms with Gasteiger partial charge >= 0.3 is 0 Å². The van der Waals surface area contributed by atoms with Crippen LogP contribution >= 0.6 is 0 Å². The van der Waals surface area contributed by atoms with Crippen molar-refractivity contribution in [2.75, 3.05) is 13.2 Å². The van der Waals surface area contributed by atoms with Gasteiger partial charge in [-0.25, -0.2) is 0 Å². The number of rotatable bonds is 14. The average molecular weight is 575 g/mol. The van der Waals surface area contributed by atoms with Crippen LogP contribution in [0.3, 0.4) is 0 Å². The van der Waals surface area contributed by atoms with Crippen LogP contribution in [0.2, 0.25) is 0 Å². The number of carbonyl (C=O) groups excluding carboxylic acids is 3. The monoisotopic (exact) mass is 574 g/mol. The smallest absolute Gasteiger partial charge is 0.143 e. The lowest BCUT2D eigenvalue weighted by Gasteiger charge is -2.41. The van der Waals surface area contributed by atoms with Gasteiger partial charge in [0.1, 0.15) is 17.3 Å². The second-order valence-electron chi connectivity index (χ2n) is 11.2. The highest BCUT2D eigenvalue weighted by atomic mass is 16.5. The summed E-state index contributed by atoms with van der Waals surface area (Å²) in [6.07, 6.45) is 0.0366. The van der Waals surface area contributed by atoms with E-state index in [4.69, 9.17) is 9.47 Å². The number of carbonyl (C=O) groups is 3. The summed E-state index contributed by atoms with van der Waals surface area (Å²) in [4.78, 5) is 41.5. The molecule has 5 heteroatoms. The van der Waals surface area contributed by atoms with Crippen LogP contribution in [0.15, 0.2) is 121 Å². The Morgan fingerprint density at radius 1 is 0.581 bits per heavy atom. The second kappa shape index (κ2) is 15.3. The third-order valence-corrected chi connectivity index (χ3v) is 8.09. The van der Waals surface area contributed by atoms with Crippen LogP contribution in [-0.4, -0.2) is 42.8 Å². The van der Waals surface area contributed by atoms with Gasteiger partial charge in [-0.2, -0.15) is 0 Å². The summed E-state index contributed by atoms with van der Waals surface area (Å²) < 4.78 is 12.6. The van der Waals surface area contributed by atoms with E-state index >= 15 is 0 Å². The fourth-order valence-electron chi connectivity index (χ4n) is 5.96. The van der Waals surface area contributed by atoms with Gasteiger partial charge < -0.3 is 9.47 Å². The fraction of sp³-hybridized carbons (Fsp3) is 0.289. The molecule has 1 fully saturated rings. The standard InChI is InChI=1S/C38H38O5/c39-32(23-29-15-7-2-8-16-29)26-35-37(33(40)24-30-17-9-3-10-18-30)38(34(41)25-31-19-11-4-12-20-31)36(27-43-35)42-22-21-28-13-5-1-6-14-28/h1-20,35-38H,21-27H2/t35-,36+,37-,38-/m1/s1. The number of ether oxygens (including phenoxy) is 2. The molecule has 1 heterocycles. The molecule has 1 saturated heterocycles. The van der Waals surface area contributed by atoms with E-state index in [2.05, 4.69) is 0 Å². The zero-order valence-corrected chi connectivity index (χ0v) is 24.3. The maximum Gasteiger partial charge on any atom is 0.143 e. The maximum atomic E-state index is 14.1. The fourth-order valence-corrected chi connectivity index (χ4v) is 5.96.